The van der Waals surface area contributed by atoms with E-state index in [4.69, 9.17) is 10.5 Å². The molecule has 1 aliphatic carbocycles. The van der Waals surface area contributed by atoms with Gasteiger partial charge in [0.1, 0.15) is 5.75 Å². The van der Waals surface area contributed by atoms with Crippen LogP contribution in [0.3, 0.4) is 0 Å². The number of anilines is 1. The minimum absolute atomic E-state index is 0.113. The van der Waals surface area contributed by atoms with Gasteiger partial charge in [-0.15, -0.1) is 0 Å². The molecule has 92 valence electrons. The predicted molar refractivity (Wildman–Crippen MR) is 67.1 cm³/mol. The van der Waals surface area contributed by atoms with Crippen LogP contribution in [0.15, 0.2) is 18.2 Å². The number of hydrogen-bond acceptors (Lipinski definition) is 3. The van der Waals surface area contributed by atoms with E-state index in [1.54, 1.807) is 25.3 Å². The van der Waals surface area contributed by atoms with Crippen LogP contribution in [-0.4, -0.2) is 19.1 Å². The number of methoxy groups -OCH3 is 1. The molecule has 0 unspecified atom stereocenters. The Morgan fingerprint density at radius 1 is 1.47 bits per heavy atom. The van der Waals surface area contributed by atoms with E-state index in [1.165, 1.54) is 0 Å². The lowest BCUT2D eigenvalue weighted by Crippen LogP contribution is -2.43. The number of amides is 1. The monoisotopic (exact) mass is 234 g/mol. The standard InChI is InChI=1S/C13H18N2O2/c1-8-5-9(6-8)15-13(16)11-7-10(17-2)3-4-12(11)14/h3-4,7-9H,5-6,14H2,1-2H3,(H,15,16). The van der Waals surface area contributed by atoms with Crippen LogP contribution in [-0.2, 0) is 0 Å². The first-order valence-electron chi connectivity index (χ1n) is 5.84. The Labute approximate surface area is 101 Å². The van der Waals surface area contributed by atoms with Crippen molar-refractivity contribution in [2.24, 2.45) is 5.92 Å². The van der Waals surface area contributed by atoms with E-state index in [-0.39, 0.29) is 5.91 Å². The summed E-state index contributed by atoms with van der Waals surface area (Å²) in [4.78, 5) is 12.0. The van der Waals surface area contributed by atoms with Crippen LogP contribution in [0, 0.1) is 5.92 Å². The Morgan fingerprint density at radius 3 is 2.76 bits per heavy atom. The lowest BCUT2D eigenvalue weighted by atomic mass is 9.82. The van der Waals surface area contributed by atoms with Gasteiger partial charge in [-0.3, -0.25) is 4.79 Å². The van der Waals surface area contributed by atoms with Gasteiger partial charge in [0.2, 0.25) is 0 Å². The highest BCUT2D eigenvalue weighted by Gasteiger charge is 2.27. The van der Waals surface area contributed by atoms with Crippen LogP contribution in [0.1, 0.15) is 30.1 Å². The highest BCUT2D eigenvalue weighted by atomic mass is 16.5. The normalized spacial score (nSPS) is 22.7. The van der Waals surface area contributed by atoms with Gasteiger partial charge in [0.15, 0.2) is 0 Å². The molecule has 0 spiro atoms. The van der Waals surface area contributed by atoms with Gasteiger partial charge >= 0.3 is 0 Å². The number of nitrogens with two attached hydrogens (primary N) is 1. The molecule has 0 saturated heterocycles. The Bertz CT molecular complexity index is 425. The van der Waals surface area contributed by atoms with Crippen LogP contribution >= 0.6 is 0 Å². The van der Waals surface area contributed by atoms with E-state index in [1.807, 2.05) is 0 Å². The summed E-state index contributed by atoms with van der Waals surface area (Å²) < 4.78 is 5.09. The zero-order chi connectivity index (χ0) is 12.4. The number of nitrogen functional groups attached to an aromatic ring is 1. The maximum atomic E-state index is 12.0. The van der Waals surface area contributed by atoms with Crippen LogP contribution in [0.2, 0.25) is 0 Å². The van der Waals surface area contributed by atoms with Crippen molar-refractivity contribution in [3.63, 3.8) is 0 Å². The van der Waals surface area contributed by atoms with Gasteiger partial charge in [0.05, 0.1) is 12.7 Å². The van der Waals surface area contributed by atoms with Crippen LogP contribution in [0.4, 0.5) is 5.69 Å². The number of carbonyl (C=O) groups is 1. The number of hydrogen-bond donors (Lipinski definition) is 2. The molecular weight excluding hydrogens is 216 g/mol. The second-order valence-electron chi connectivity index (χ2n) is 4.70. The highest BCUT2D eigenvalue weighted by molar-refractivity contribution is 5.99. The fourth-order valence-electron chi connectivity index (χ4n) is 2.14. The van der Waals surface area contributed by atoms with Gasteiger partial charge in [-0.2, -0.15) is 0 Å². The molecule has 0 aliphatic heterocycles. The lowest BCUT2D eigenvalue weighted by molar-refractivity contribution is 0.0896. The van der Waals surface area contributed by atoms with Crippen molar-refractivity contribution in [2.45, 2.75) is 25.8 Å². The second kappa shape index (κ2) is 4.65. The Balaban J connectivity index is 2.07. The van der Waals surface area contributed by atoms with E-state index in [2.05, 4.69) is 12.2 Å². The summed E-state index contributed by atoms with van der Waals surface area (Å²) in [5.74, 6) is 1.24. The summed E-state index contributed by atoms with van der Waals surface area (Å²) in [6.45, 7) is 2.18. The van der Waals surface area contributed by atoms with Crippen molar-refractivity contribution in [3.8, 4) is 5.75 Å². The Hall–Kier alpha value is -1.71. The van der Waals surface area contributed by atoms with Gasteiger partial charge in [-0.1, -0.05) is 6.92 Å². The minimum Gasteiger partial charge on any atom is -0.497 e. The van der Waals surface area contributed by atoms with Crippen LogP contribution in [0.5, 0.6) is 5.75 Å². The van der Waals surface area contributed by atoms with Gasteiger partial charge in [-0.25, -0.2) is 0 Å². The molecule has 1 aromatic rings. The summed E-state index contributed by atoms with van der Waals surface area (Å²) in [5.41, 5.74) is 6.76. The maximum absolute atomic E-state index is 12.0. The first kappa shape index (κ1) is 11.8. The average Bonchev–Trinajstić information content (AvgIpc) is 2.27. The van der Waals surface area contributed by atoms with E-state index in [0.29, 0.717) is 29.0 Å². The molecule has 2 rings (SSSR count). The van der Waals surface area contributed by atoms with Crippen LogP contribution < -0.4 is 15.8 Å². The first-order valence-corrected chi connectivity index (χ1v) is 5.84. The van der Waals surface area contributed by atoms with Crippen molar-refractivity contribution in [1.29, 1.82) is 0 Å². The fourth-order valence-corrected chi connectivity index (χ4v) is 2.14. The number of nitrogens with one attached hydrogen (secondary N) is 1. The number of rotatable bonds is 3. The van der Waals surface area contributed by atoms with Crippen molar-refractivity contribution >= 4 is 11.6 Å². The molecular formula is C13H18N2O2. The molecule has 3 N–H and O–H groups in total. The van der Waals surface area contributed by atoms with Crippen molar-refractivity contribution in [3.05, 3.63) is 23.8 Å². The molecule has 0 heterocycles. The zero-order valence-corrected chi connectivity index (χ0v) is 10.2. The van der Waals surface area contributed by atoms with E-state index in [0.717, 1.165) is 12.8 Å². The molecule has 1 saturated carbocycles. The zero-order valence-electron chi connectivity index (χ0n) is 10.2. The predicted octanol–water partition coefficient (Wildman–Crippen LogP) is 1.81. The van der Waals surface area contributed by atoms with Gasteiger partial charge in [-0.05, 0) is 37.0 Å². The van der Waals surface area contributed by atoms with Gasteiger partial charge < -0.3 is 15.8 Å². The molecule has 0 bridgehead atoms. The fraction of sp³-hybridized carbons (Fsp3) is 0.462. The van der Waals surface area contributed by atoms with E-state index >= 15 is 0 Å². The summed E-state index contributed by atoms with van der Waals surface area (Å²) in [7, 11) is 1.57. The van der Waals surface area contributed by atoms with Crippen molar-refractivity contribution in [1.82, 2.24) is 5.32 Å². The Kier molecular flexibility index (Phi) is 3.22. The molecule has 4 heteroatoms. The molecule has 1 fully saturated rings. The average molecular weight is 234 g/mol. The molecule has 0 atom stereocenters. The molecule has 1 amide bonds. The Morgan fingerprint density at radius 2 is 2.18 bits per heavy atom. The summed E-state index contributed by atoms with van der Waals surface area (Å²) >= 11 is 0. The SMILES string of the molecule is COc1ccc(N)c(C(=O)NC2CC(C)C2)c1. The van der Waals surface area contributed by atoms with E-state index < -0.39 is 0 Å². The van der Waals surface area contributed by atoms with Gasteiger partial charge in [0.25, 0.3) is 5.91 Å². The van der Waals surface area contributed by atoms with Crippen molar-refractivity contribution < 1.29 is 9.53 Å². The third kappa shape index (κ3) is 2.52. The van der Waals surface area contributed by atoms with Crippen LogP contribution in [0.25, 0.3) is 0 Å². The quantitative estimate of drug-likeness (QED) is 0.784. The van der Waals surface area contributed by atoms with Gasteiger partial charge in [0, 0.05) is 11.7 Å². The lowest BCUT2D eigenvalue weighted by Gasteiger charge is -2.33. The molecule has 0 radical (unpaired) electrons. The topological polar surface area (TPSA) is 64.3 Å². The number of ether oxygens (including phenoxy) is 1. The summed E-state index contributed by atoms with van der Waals surface area (Å²) in [5, 5.41) is 2.98. The second-order valence-corrected chi connectivity index (χ2v) is 4.70. The minimum atomic E-state index is -0.113. The largest absolute Gasteiger partial charge is 0.497 e. The van der Waals surface area contributed by atoms with Crippen molar-refractivity contribution in [2.75, 3.05) is 12.8 Å². The van der Waals surface area contributed by atoms with E-state index in [9.17, 15) is 4.79 Å². The third-order valence-corrected chi connectivity index (χ3v) is 3.21. The summed E-state index contributed by atoms with van der Waals surface area (Å²) in [6.07, 6.45) is 2.10. The number of benzene rings is 1. The molecule has 4 nitrogen and oxygen atoms in total. The molecule has 1 aliphatic rings. The highest BCUT2D eigenvalue weighted by Crippen LogP contribution is 2.27. The first-order chi connectivity index (χ1) is 8.10. The molecule has 1 aromatic carbocycles. The summed E-state index contributed by atoms with van der Waals surface area (Å²) in [6, 6.07) is 5.41. The maximum Gasteiger partial charge on any atom is 0.253 e. The number of carbonyl (C=O) groups excluding carboxylic acids is 1. The smallest absolute Gasteiger partial charge is 0.253 e. The molecule has 0 aromatic heterocycles. The third-order valence-electron chi connectivity index (χ3n) is 3.21. The molecule has 17 heavy (non-hydrogen) atoms.